The maximum absolute atomic E-state index is 12.0. The van der Waals surface area contributed by atoms with Crippen LogP contribution in [0.25, 0.3) is 0 Å². The molecular formula is C15H11Cl2N3OS2. The van der Waals surface area contributed by atoms with E-state index in [9.17, 15) is 4.79 Å². The van der Waals surface area contributed by atoms with E-state index in [-0.39, 0.29) is 11.2 Å². The predicted molar refractivity (Wildman–Crippen MR) is 99.0 cm³/mol. The minimum atomic E-state index is -0.274. The van der Waals surface area contributed by atoms with Crippen molar-refractivity contribution in [2.24, 2.45) is 10.2 Å². The van der Waals surface area contributed by atoms with Crippen LogP contribution in [0.4, 0.5) is 0 Å². The van der Waals surface area contributed by atoms with Crippen LogP contribution in [0, 0.1) is 0 Å². The van der Waals surface area contributed by atoms with Gasteiger partial charge in [0.15, 0.2) is 5.17 Å². The van der Waals surface area contributed by atoms with Crippen LogP contribution in [0.15, 0.2) is 45.9 Å². The smallest absolute Gasteiger partial charge is 0.239 e. The van der Waals surface area contributed by atoms with E-state index in [2.05, 4.69) is 15.5 Å². The maximum Gasteiger partial charge on any atom is 0.239 e. The van der Waals surface area contributed by atoms with E-state index in [1.807, 2.05) is 23.6 Å². The van der Waals surface area contributed by atoms with Crippen LogP contribution in [-0.2, 0) is 11.2 Å². The summed E-state index contributed by atoms with van der Waals surface area (Å²) in [5, 5.41) is 14.1. The SMILES string of the molecule is O=C1NC(=NN=Cc2cccs2)SC1Cc1ccc(Cl)cc1Cl. The van der Waals surface area contributed by atoms with Crippen molar-refractivity contribution in [2.75, 3.05) is 0 Å². The summed E-state index contributed by atoms with van der Waals surface area (Å²) in [7, 11) is 0. The zero-order valence-electron chi connectivity index (χ0n) is 11.7. The molecule has 0 saturated carbocycles. The first kappa shape index (κ1) is 16.5. The van der Waals surface area contributed by atoms with Crippen LogP contribution in [0.3, 0.4) is 0 Å². The Morgan fingerprint density at radius 3 is 2.91 bits per heavy atom. The average molecular weight is 384 g/mol. The largest absolute Gasteiger partial charge is 0.303 e. The quantitative estimate of drug-likeness (QED) is 0.634. The minimum Gasteiger partial charge on any atom is -0.303 e. The zero-order valence-corrected chi connectivity index (χ0v) is 14.8. The first-order valence-electron chi connectivity index (χ1n) is 6.68. The summed E-state index contributed by atoms with van der Waals surface area (Å²) in [5.41, 5.74) is 0.882. The molecule has 1 aromatic carbocycles. The summed E-state index contributed by atoms with van der Waals surface area (Å²) in [6, 6.07) is 9.16. The number of benzene rings is 1. The molecule has 2 heterocycles. The Hall–Kier alpha value is -1.34. The molecule has 4 nitrogen and oxygen atoms in total. The van der Waals surface area contributed by atoms with E-state index in [4.69, 9.17) is 23.2 Å². The molecule has 1 aromatic heterocycles. The lowest BCUT2D eigenvalue weighted by molar-refractivity contribution is -0.118. The summed E-state index contributed by atoms with van der Waals surface area (Å²) < 4.78 is 0. The highest BCUT2D eigenvalue weighted by atomic mass is 35.5. The number of nitrogens with one attached hydrogen (secondary N) is 1. The van der Waals surface area contributed by atoms with Gasteiger partial charge in [0.25, 0.3) is 0 Å². The molecule has 8 heteroatoms. The maximum atomic E-state index is 12.0. The van der Waals surface area contributed by atoms with Gasteiger partial charge < -0.3 is 5.32 Å². The Bertz CT molecular complexity index is 775. The second-order valence-electron chi connectivity index (χ2n) is 4.70. The number of carbonyl (C=O) groups is 1. The van der Waals surface area contributed by atoms with Crippen LogP contribution in [-0.4, -0.2) is 22.5 Å². The highest BCUT2D eigenvalue weighted by Crippen LogP contribution is 2.28. The van der Waals surface area contributed by atoms with Crippen molar-refractivity contribution in [2.45, 2.75) is 11.7 Å². The number of amides is 1. The Kier molecular flexibility index (Phi) is 5.38. The number of carbonyl (C=O) groups excluding carboxylic acids is 1. The fourth-order valence-electron chi connectivity index (χ4n) is 1.98. The van der Waals surface area contributed by atoms with Crippen LogP contribution >= 0.6 is 46.3 Å². The third-order valence-electron chi connectivity index (χ3n) is 3.07. The van der Waals surface area contributed by atoms with Gasteiger partial charge in [0.2, 0.25) is 5.91 Å². The molecule has 1 atom stereocenters. The predicted octanol–water partition coefficient (Wildman–Crippen LogP) is 4.22. The molecule has 2 aromatic rings. The van der Waals surface area contributed by atoms with Gasteiger partial charge in [-0.25, -0.2) is 0 Å². The van der Waals surface area contributed by atoms with Gasteiger partial charge in [-0.2, -0.15) is 5.10 Å². The average Bonchev–Trinajstić information content (AvgIpc) is 3.13. The lowest BCUT2D eigenvalue weighted by atomic mass is 10.1. The van der Waals surface area contributed by atoms with Crippen molar-refractivity contribution in [1.29, 1.82) is 0 Å². The van der Waals surface area contributed by atoms with Crippen molar-refractivity contribution in [3.05, 3.63) is 56.2 Å². The van der Waals surface area contributed by atoms with Gasteiger partial charge in [-0.1, -0.05) is 47.1 Å². The number of amidine groups is 1. The fraction of sp³-hybridized carbons (Fsp3) is 0.133. The van der Waals surface area contributed by atoms with Crippen molar-refractivity contribution >= 4 is 63.6 Å². The monoisotopic (exact) mass is 383 g/mol. The Labute approximate surface area is 151 Å². The van der Waals surface area contributed by atoms with E-state index < -0.39 is 0 Å². The summed E-state index contributed by atoms with van der Waals surface area (Å²) in [4.78, 5) is 13.0. The molecular weight excluding hydrogens is 373 g/mol. The van der Waals surface area contributed by atoms with Crippen molar-refractivity contribution in [3.8, 4) is 0 Å². The lowest BCUT2D eigenvalue weighted by Crippen LogP contribution is -2.26. The molecule has 0 radical (unpaired) electrons. The molecule has 1 saturated heterocycles. The van der Waals surface area contributed by atoms with Gasteiger partial charge in [-0.05, 0) is 35.6 Å². The highest BCUT2D eigenvalue weighted by Gasteiger charge is 2.30. The van der Waals surface area contributed by atoms with Gasteiger partial charge in [-0.3, -0.25) is 4.79 Å². The third kappa shape index (κ3) is 4.35. The summed E-state index contributed by atoms with van der Waals surface area (Å²) in [5.74, 6) is -0.0916. The number of nitrogens with zero attached hydrogens (tertiary/aromatic N) is 2. The molecule has 1 fully saturated rings. The molecule has 23 heavy (non-hydrogen) atoms. The molecule has 3 rings (SSSR count). The van der Waals surface area contributed by atoms with E-state index >= 15 is 0 Å². The molecule has 0 spiro atoms. The van der Waals surface area contributed by atoms with Gasteiger partial charge in [0, 0.05) is 14.9 Å². The number of hydrogen-bond acceptors (Lipinski definition) is 5. The first-order valence-corrected chi connectivity index (χ1v) is 9.19. The van der Waals surface area contributed by atoms with Crippen LogP contribution in [0.1, 0.15) is 10.4 Å². The standard InChI is InChI=1S/C15H11Cl2N3OS2/c16-10-4-3-9(12(17)7-10)6-13-14(21)19-15(23-13)20-18-8-11-2-1-5-22-11/h1-5,7-8,13H,6H2,(H,19,20,21). The number of thiophene rings is 1. The van der Waals surface area contributed by atoms with Crippen LogP contribution in [0.5, 0.6) is 0 Å². The summed E-state index contributed by atoms with van der Waals surface area (Å²) in [6.07, 6.45) is 2.17. The molecule has 1 aliphatic rings. The molecule has 1 N–H and O–H groups in total. The van der Waals surface area contributed by atoms with Crippen molar-refractivity contribution in [3.63, 3.8) is 0 Å². The molecule has 1 unspecified atom stereocenters. The summed E-state index contributed by atoms with van der Waals surface area (Å²) in [6.45, 7) is 0. The van der Waals surface area contributed by atoms with E-state index in [0.29, 0.717) is 21.6 Å². The Balaban J connectivity index is 1.65. The van der Waals surface area contributed by atoms with Gasteiger partial charge in [-0.15, -0.1) is 16.4 Å². The second-order valence-corrected chi connectivity index (χ2v) is 7.72. The molecule has 118 valence electrons. The van der Waals surface area contributed by atoms with E-state index in [1.165, 1.54) is 11.8 Å². The number of rotatable bonds is 4. The molecule has 1 aliphatic heterocycles. The molecule has 0 bridgehead atoms. The van der Waals surface area contributed by atoms with Gasteiger partial charge in [0.1, 0.15) is 0 Å². The highest BCUT2D eigenvalue weighted by molar-refractivity contribution is 8.15. The number of thioether (sulfide) groups is 1. The minimum absolute atomic E-state index is 0.0916. The lowest BCUT2D eigenvalue weighted by Gasteiger charge is -2.07. The van der Waals surface area contributed by atoms with Gasteiger partial charge in [0.05, 0.1) is 11.5 Å². The van der Waals surface area contributed by atoms with E-state index in [0.717, 1.165) is 10.4 Å². The van der Waals surface area contributed by atoms with Crippen LogP contribution in [0.2, 0.25) is 10.0 Å². The Morgan fingerprint density at radius 1 is 1.30 bits per heavy atom. The number of hydrogen-bond donors (Lipinski definition) is 1. The fourth-order valence-corrected chi connectivity index (χ4v) is 3.99. The van der Waals surface area contributed by atoms with Crippen LogP contribution < -0.4 is 5.32 Å². The topological polar surface area (TPSA) is 53.8 Å². The zero-order chi connectivity index (χ0) is 16.2. The first-order chi connectivity index (χ1) is 11.1. The number of halogens is 2. The molecule has 1 amide bonds. The normalized spacial score (nSPS) is 19.7. The molecule has 0 aliphatic carbocycles. The Morgan fingerprint density at radius 2 is 2.17 bits per heavy atom. The van der Waals surface area contributed by atoms with E-state index in [1.54, 1.807) is 29.7 Å². The van der Waals surface area contributed by atoms with Crippen molar-refractivity contribution < 1.29 is 4.79 Å². The summed E-state index contributed by atoms with van der Waals surface area (Å²) >= 11 is 15.0. The van der Waals surface area contributed by atoms with Crippen molar-refractivity contribution in [1.82, 2.24) is 5.32 Å². The van der Waals surface area contributed by atoms with Gasteiger partial charge >= 0.3 is 0 Å². The second kappa shape index (κ2) is 7.49. The third-order valence-corrected chi connectivity index (χ3v) is 5.54.